The van der Waals surface area contributed by atoms with Crippen LogP contribution in [0.1, 0.15) is 6.92 Å². The second-order valence-corrected chi connectivity index (χ2v) is 4.39. The van der Waals surface area contributed by atoms with Crippen LogP contribution in [0.4, 0.5) is 30.6 Å². The highest BCUT2D eigenvalue weighted by Gasteiger charge is 2.16. The first-order valence-electron chi connectivity index (χ1n) is 6.40. The van der Waals surface area contributed by atoms with Crippen molar-refractivity contribution in [3.05, 3.63) is 54.1 Å². The van der Waals surface area contributed by atoms with Crippen molar-refractivity contribution in [2.24, 2.45) is 0 Å². The van der Waals surface area contributed by atoms with Crippen LogP contribution in [0.2, 0.25) is 0 Å². The van der Waals surface area contributed by atoms with Gasteiger partial charge in [0.25, 0.3) is 0 Å². The van der Waals surface area contributed by atoms with Crippen molar-refractivity contribution < 1.29 is 13.6 Å². The van der Waals surface area contributed by atoms with Gasteiger partial charge in [0.1, 0.15) is 11.6 Å². The minimum Gasteiger partial charge on any atom is -0.399 e. The van der Waals surface area contributed by atoms with Crippen molar-refractivity contribution in [3.8, 4) is 0 Å². The minimum atomic E-state index is -0.827. The van der Waals surface area contributed by atoms with Crippen LogP contribution in [-0.2, 0) is 0 Å². The van der Waals surface area contributed by atoms with Gasteiger partial charge in [-0.25, -0.2) is 13.6 Å². The number of nitrogens with one attached hydrogen (secondary N) is 1. The summed E-state index contributed by atoms with van der Waals surface area (Å²) in [5, 5.41) is 2.41. The first-order chi connectivity index (χ1) is 10.0. The largest absolute Gasteiger partial charge is 0.399 e. The van der Waals surface area contributed by atoms with E-state index in [4.69, 9.17) is 5.73 Å². The number of halogens is 2. The molecule has 0 unspecified atom stereocenters. The maximum absolute atomic E-state index is 13.6. The lowest BCUT2D eigenvalue weighted by molar-refractivity contribution is 0.257. The van der Waals surface area contributed by atoms with Crippen LogP contribution < -0.4 is 16.0 Å². The Balaban J connectivity index is 2.21. The number of hydrogen-bond donors (Lipinski definition) is 2. The Morgan fingerprint density at radius 2 is 2.00 bits per heavy atom. The summed E-state index contributed by atoms with van der Waals surface area (Å²) >= 11 is 0. The van der Waals surface area contributed by atoms with E-state index in [1.165, 1.54) is 11.0 Å². The Hall–Kier alpha value is -2.63. The summed E-state index contributed by atoms with van der Waals surface area (Å²) in [6.45, 7) is 2.15. The third kappa shape index (κ3) is 3.47. The van der Waals surface area contributed by atoms with E-state index in [0.29, 0.717) is 24.0 Å². The molecule has 6 heteroatoms. The van der Waals surface area contributed by atoms with Gasteiger partial charge in [0.2, 0.25) is 0 Å². The average Bonchev–Trinajstić information content (AvgIpc) is 2.43. The van der Waals surface area contributed by atoms with Gasteiger partial charge in [-0.05, 0) is 37.3 Å². The maximum Gasteiger partial charge on any atom is 0.326 e. The van der Waals surface area contributed by atoms with Crippen LogP contribution in [-0.4, -0.2) is 12.6 Å². The molecule has 0 fully saturated rings. The lowest BCUT2D eigenvalue weighted by Gasteiger charge is -2.22. The van der Waals surface area contributed by atoms with Crippen molar-refractivity contribution in [3.63, 3.8) is 0 Å². The van der Waals surface area contributed by atoms with E-state index in [-0.39, 0.29) is 5.69 Å². The lowest BCUT2D eigenvalue weighted by atomic mass is 10.2. The third-order valence-electron chi connectivity index (χ3n) is 2.92. The number of nitrogen functional groups attached to an aromatic ring is 1. The van der Waals surface area contributed by atoms with Gasteiger partial charge >= 0.3 is 6.03 Å². The van der Waals surface area contributed by atoms with Crippen LogP contribution in [0.3, 0.4) is 0 Å². The van der Waals surface area contributed by atoms with Gasteiger partial charge in [-0.1, -0.05) is 6.07 Å². The lowest BCUT2D eigenvalue weighted by Crippen LogP contribution is -2.35. The Morgan fingerprint density at radius 3 is 2.62 bits per heavy atom. The molecule has 0 saturated heterocycles. The van der Waals surface area contributed by atoms with Crippen molar-refractivity contribution in [2.75, 3.05) is 22.5 Å². The number of anilines is 3. The zero-order chi connectivity index (χ0) is 15.4. The molecule has 2 aromatic rings. The second kappa shape index (κ2) is 6.21. The van der Waals surface area contributed by atoms with Crippen molar-refractivity contribution in [2.45, 2.75) is 6.92 Å². The molecule has 0 bridgehead atoms. The molecule has 0 saturated carbocycles. The molecule has 2 rings (SSSR count). The first-order valence-corrected chi connectivity index (χ1v) is 6.40. The fourth-order valence-corrected chi connectivity index (χ4v) is 1.91. The van der Waals surface area contributed by atoms with Crippen molar-refractivity contribution >= 4 is 23.1 Å². The van der Waals surface area contributed by atoms with Crippen molar-refractivity contribution in [1.82, 2.24) is 0 Å². The molecule has 3 N–H and O–H groups in total. The van der Waals surface area contributed by atoms with Crippen molar-refractivity contribution in [1.29, 1.82) is 0 Å². The van der Waals surface area contributed by atoms with Gasteiger partial charge in [0.15, 0.2) is 0 Å². The summed E-state index contributed by atoms with van der Waals surface area (Å²) in [7, 11) is 0. The van der Waals surface area contributed by atoms with E-state index in [9.17, 15) is 13.6 Å². The molecule has 4 nitrogen and oxygen atoms in total. The van der Waals surface area contributed by atoms with Crippen LogP contribution in [0.5, 0.6) is 0 Å². The molecule has 0 aliphatic carbocycles. The Labute approximate surface area is 121 Å². The fourth-order valence-electron chi connectivity index (χ4n) is 1.91. The number of benzene rings is 2. The zero-order valence-electron chi connectivity index (χ0n) is 11.4. The van der Waals surface area contributed by atoms with Gasteiger partial charge in [-0.2, -0.15) is 0 Å². The molecule has 0 aromatic heterocycles. The summed E-state index contributed by atoms with van der Waals surface area (Å²) in [4.78, 5) is 13.6. The molecule has 0 heterocycles. The number of nitrogens with zero attached hydrogens (tertiary/aromatic N) is 1. The molecule has 0 atom stereocenters. The number of rotatable bonds is 3. The number of carbonyl (C=O) groups excluding carboxylic acids is 1. The minimum absolute atomic E-state index is 0.0799. The summed E-state index contributed by atoms with van der Waals surface area (Å²) in [6.07, 6.45) is 0. The Kier molecular flexibility index (Phi) is 4.37. The van der Waals surface area contributed by atoms with E-state index in [0.717, 1.165) is 6.07 Å². The second-order valence-electron chi connectivity index (χ2n) is 4.39. The summed E-state index contributed by atoms with van der Waals surface area (Å²) < 4.78 is 26.4. The van der Waals surface area contributed by atoms with Gasteiger partial charge in [-0.3, -0.25) is 4.90 Å². The topological polar surface area (TPSA) is 58.4 Å². The quantitative estimate of drug-likeness (QED) is 0.849. The highest BCUT2D eigenvalue weighted by atomic mass is 19.1. The van der Waals surface area contributed by atoms with E-state index in [1.807, 2.05) is 0 Å². The summed E-state index contributed by atoms with van der Waals surface area (Å²) in [6, 6.07) is 9.24. The van der Waals surface area contributed by atoms with Crippen LogP contribution >= 0.6 is 0 Å². The molecule has 2 amide bonds. The number of nitrogens with two attached hydrogens (primary N) is 1. The number of urea groups is 1. The van der Waals surface area contributed by atoms with Crippen LogP contribution in [0.25, 0.3) is 0 Å². The van der Waals surface area contributed by atoms with Crippen LogP contribution in [0.15, 0.2) is 42.5 Å². The smallest absolute Gasteiger partial charge is 0.326 e. The van der Waals surface area contributed by atoms with E-state index < -0.39 is 17.7 Å². The van der Waals surface area contributed by atoms with Gasteiger partial charge in [0, 0.05) is 24.0 Å². The molecule has 0 aliphatic heterocycles. The molecule has 2 aromatic carbocycles. The van der Waals surface area contributed by atoms with Gasteiger partial charge < -0.3 is 11.1 Å². The molecule has 0 aliphatic rings. The predicted molar refractivity (Wildman–Crippen MR) is 79.3 cm³/mol. The maximum atomic E-state index is 13.6. The first kappa shape index (κ1) is 14.8. The van der Waals surface area contributed by atoms with Gasteiger partial charge in [0.05, 0.1) is 5.69 Å². The SMILES string of the molecule is CCN(C(=O)Nc1ccc(F)cc1F)c1cccc(N)c1. The monoisotopic (exact) mass is 291 g/mol. The Morgan fingerprint density at radius 1 is 1.24 bits per heavy atom. The fraction of sp³-hybridized carbons (Fsp3) is 0.133. The van der Waals surface area contributed by atoms with Gasteiger partial charge in [-0.15, -0.1) is 0 Å². The Bertz CT molecular complexity index is 661. The van der Waals surface area contributed by atoms with E-state index in [2.05, 4.69) is 5.32 Å². The standard InChI is InChI=1S/C15H15F2N3O/c1-2-20(12-5-3-4-11(18)9-12)15(21)19-14-7-6-10(16)8-13(14)17/h3-9H,2,18H2,1H3,(H,19,21). The summed E-state index contributed by atoms with van der Waals surface area (Å²) in [5.41, 5.74) is 6.72. The van der Waals surface area contributed by atoms with Crippen LogP contribution in [0, 0.1) is 11.6 Å². The molecular weight excluding hydrogens is 276 g/mol. The number of hydrogen-bond acceptors (Lipinski definition) is 2. The molecule has 21 heavy (non-hydrogen) atoms. The third-order valence-corrected chi connectivity index (χ3v) is 2.92. The van der Waals surface area contributed by atoms with E-state index >= 15 is 0 Å². The molecule has 0 spiro atoms. The molecular formula is C15H15F2N3O. The highest BCUT2D eigenvalue weighted by molar-refractivity contribution is 6.02. The zero-order valence-corrected chi connectivity index (χ0v) is 11.4. The molecule has 110 valence electrons. The number of amides is 2. The summed E-state index contributed by atoms with van der Waals surface area (Å²) in [5.74, 6) is -1.53. The predicted octanol–water partition coefficient (Wildman–Crippen LogP) is 3.61. The number of carbonyl (C=O) groups is 1. The average molecular weight is 291 g/mol. The normalized spacial score (nSPS) is 10.2. The molecule has 0 radical (unpaired) electrons. The highest BCUT2D eigenvalue weighted by Crippen LogP contribution is 2.20. The van der Waals surface area contributed by atoms with E-state index in [1.54, 1.807) is 31.2 Å².